The zero-order chi connectivity index (χ0) is 14.3. The van der Waals surface area contributed by atoms with Gasteiger partial charge in [0.2, 0.25) is 0 Å². The van der Waals surface area contributed by atoms with Gasteiger partial charge in [0.15, 0.2) is 9.58 Å². The zero-order valence-corrected chi connectivity index (χ0v) is 12.1. The molecule has 2 aromatic carbocycles. The number of fused-ring (bicyclic) bond motifs is 1. The van der Waals surface area contributed by atoms with E-state index in [4.69, 9.17) is 0 Å². The van der Waals surface area contributed by atoms with Gasteiger partial charge in [0.25, 0.3) is 0 Å². The van der Waals surface area contributed by atoms with Crippen molar-refractivity contribution in [2.24, 2.45) is 0 Å². The minimum Gasteiger partial charge on any atom is -1.00 e. The standard InChI is InChI=1S/C15H9F4S.ClH/c16-12-7-6-11-8-13(10-4-2-1-3-5-10)20(14(11)9-12)15(17,18)19;/h1-9H;1H/q+1;/p-1. The summed E-state index contributed by atoms with van der Waals surface area (Å²) in [6.07, 6.45) is 0. The molecule has 3 aromatic rings. The van der Waals surface area contributed by atoms with E-state index in [1.165, 1.54) is 18.2 Å². The minimum absolute atomic E-state index is 0. The molecule has 3 rings (SSSR count). The zero-order valence-electron chi connectivity index (χ0n) is 10.5. The number of thiophene rings is 1. The number of alkyl halides is 3. The van der Waals surface area contributed by atoms with Crippen molar-refractivity contribution in [1.29, 1.82) is 0 Å². The second kappa shape index (κ2) is 5.66. The van der Waals surface area contributed by atoms with Crippen LogP contribution in [0.2, 0.25) is 0 Å². The molecule has 0 bridgehead atoms. The van der Waals surface area contributed by atoms with E-state index in [2.05, 4.69) is 0 Å². The van der Waals surface area contributed by atoms with Gasteiger partial charge in [-0.15, -0.1) is 13.2 Å². The largest absolute Gasteiger partial charge is 1.00 e. The maximum atomic E-state index is 13.4. The number of rotatable bonds is 1. The highest BCUT2D eigenvalue weighted by Crippen LogP contribution is 2.54. The summed E-state index contributed by atoms with van der Waals surface area (Å²) >= 11 is 0. The maximum Gasteiger partial charge on any atom is 0.601 e. The van der Waals surface area contributed by atoms with Gasteiger partial charge in [-0.05, 0) is 24.3 Å². The van der Waals surface area contributed by atoms with Gasteiger partial charge in [-0.3, -0.25) is 0 Å². The number of hydrogen-bond donors (Lipinski definition) is 0. The Labute approximate surface area is 127 Å². The van der Waals surface area contributed by atoms with Gasteiger partial charge in [-0.25, -0.2) is 4.39 Å². The molecule has 21 heavy (non-hydrogen) atoms. The van der Waals surface area contributed by atoms with Crippen molar-refractivity contribution >= 4 is 20.6 Å². The van der Waals surface area contributed by atoms with Crippen LogP contribution in [0.25, 0.3) is 20.5 Å². The summed E-state index contributed by atoms with van der Waals surface area (Å²) in [5.74, 6) is -0.645. The highest BCUT2D eigenvalue weighted by atomic mass is 35.5. The summed E-state index contributed by atoms with van der Waals surface area (Å²) in [5, 5.41) is 0.436. The number of benzene rings is 2. The van der Waals surface area contributed by atoms with Crippen LogP contribution in [-0.4, -0.2) is 0 Å². The van der Waals surface area contributed by atoms with E-state index < -0.39 is 21.8 Å². The van der Waals surface area contributed by atoms with Gasteiger partial charge in [-0.2, -0.15) is 0 Å². The average molecular weight is 333 g/mol. The molecule has 1 unspecified atom stereocenters. The second-order valence-corrected chi connectivity index (χ2v) is 6.26. The van der Waals surface area contributed by atoms with Crippen LogP contribution < -0.4 is 12.4 Å². The third kappa shape index (κ3) is 2.89. The molecule has 0 fully saturated rings. The van der Waals surface area contributed by atoms with E-state index in [9.17, 15) is 17.6 Å². The van der Waals surface area contributed by atoms with Crippen molar-refractivity contribution in [3.05, 3.63) is 60.4 Å². The smallest absolute Gasteiger partial charge is 0.601 e. The highest BCUT2D eigenvalue weighted by molar-refractivity contribution is 7.41. The Morgan fingerprint density at radius 1 is 0.857 bits per heavy atom. The molecule has 1 heterocycles. The Balaban J connectivity index is 0.00000161. The van der Waals surface area contributed by atoms with Gasteiger partial charge in [-0.1, -0.05) is 18.2 Å². The van der Waals surface area contributed by atoms with Crippen LogP contribution in [0.15, 0.2) is 54.6 Å². The lowest BCUT2D eigenvalue weighted by molar-refractivity contribution is -0.0864. The van der Waals surface area contributed by atoms with Gasteiger partial charge >= 0.3 is 5.51 Å². The Morgan fingerprint density at radius 3 is 2.14 bits per heavy atom. The van der Waals surface area contributed by atoms with Crippen LogP contribution in [0.5, 0.6) is 0 Å². The Morgan fingerprint density at radius 2 is 1.52 bits per heavy atom. The molecule has 0 N–H and O–H groups in total. The monoisotopic (exact) mass is 332 g/mol. The lowest BCUT2D eigenvalue weighted by Crippen LogP contribution is -3.00. The van der Waals surface area contributed by atoms with Crippen molar-refractivity contribution < 1.29 is 30.0 Å². The van der Waals surface area contributed by atoms with Crippen molar-refractivity contribution in [2.75, 3.05) is 0 Å². The molecule has 0 aliphatic heterocycles. The van der Waals surface area contributed by atoms with E-state index in [0.29, 0.717) is 10.9 Å². The summed E-state index contributed by atoms with van der Waals surface area (Å²) < 4.78 is 53.3. The Bertz CT molecular complexity index is 762. The van der Waals surface area contributed by atoms with Crippen molar-refractivity contribution in [1.82, 2.24) is 0 Å². The second-order valence-electron chi connectivity index (χ2n) is 4.31. The normalized spacial score (nSPS) is 12.3. The van der Waals surface area contributed by atoms with E-state index in [1.807, 2.05) is 0 Å². The van der Waals surface area contributed by atoms with Gasteiger partial charge in [0.1, 0.15) is 16.3 Å². The predicted octanol–water partition coefficient (Wildman–Crippen LogP) is 2.88. The average Bonchev–Trinajstić information content (AvgIpc) is 2.78. The quantitative estimate of drug-likeness (QED) is 0.475. The summed E-state index contributed by atoms with van der Waals surface area (Å²) in [4.78, 5) is 0.193. The van der Waals surface area contributed by atoms with Crippen LogP contribution in [0.3, 0.4) is 0 Å². The molecule has 0 saturated heterocycles. The molecular weight excluding hydrogens is 324 g/mol. The van der Waals surface area contributed by atoms with E-state index in [0.717, 1.165) is 6.07 Å². The topological polar surface area (TPSA) is 0 Å². The van der Waals surface area contributed by atoms with Crippen LogP contribution in [0.1, 0.15) is 0 Å². The minimum atomic E-state index is -4.42. The fourth-order valence-corrected chi connectivity index (χ4v) is 4.12. The fourth-order valence-electron chi connectivity index (χ4n) is 2.18. The van der Waals surface area contributed by atoms with E-state index in [-0.39, 0.29) is 22.0 Å². The van der Waals surface area contributed by atoms with Crippen LogP contribution in [0, 0.1) is 5.82 Å². The molecular formula is C15H9ClF4S. The summed E-state index contributed by atoms with van der Waals surface area (Å²) in [5.41, 5.74) is -3.90. The van der Waals surface area contributed by atoms with Gasteiger partial charge < -0.3 is 12.4 Å². The third-order valence-corrected chi connectivity index (χ3v) is 5.04. The van der Waals surface area contributed by atoms with Crippen molar-refractivity contribution in [3.8, 4) is 10.4 Å². The predicted molar refractivity (Wildman–Crippen MR) is 73.1 cm³/mol. The molecule has 1 aromatic heterocycles. The molecule has 0 nitrogen and oxygen atoms in total. The molecule has 110 valence electrons. The van der Waals surface area contributed by atoms with Crippen molar-refractivity contribution in [2.45, 2.75) is 5.51 Å². The first-order valence-electron chi connectivity index (χ1n) is 5.84. The fraction of sp³-hybridized carbons (Fsp3) is 0.0667. The summed E-state index contributed by atoms with van der Waals surface area (Å²) in [7, 11) is -2.10. The molecule has 0 amide bonds. The van der Waals surface area contributed by atoms with E-state index in [1.54, 1.807) is 30.3 Å². The summed E-state index contributed by atoms with van der Waals surface area (Å²) in [6, 6.07) is 13.5. The van der Waals surface area contributed by atoms with Crippen LogP contribution >= 0.6 is 10.5 Å². The van der Waals surface area contributed by atoms with Crippen LogP contribution in [-0.2, 0) is 5.51 Å². The lowest BCUT2D eigenvalue weighted by atomic mass is 10.1. The lowest BCUT2D eigenvalue weighted by Gasteiger charge is -2.00. The molecule has 0 spiro atoms. The number of halogens is 5. The molecule has 0 radical (unpaired) electrons. The molecule has 0 saturated carbocycles. The molecule has 0 aliphatic carbocycles. The van der Waals surface area contributed by atoms with Crippen LogP contribution in [0.4, 0.5) is 17.6 Å². The van der Waals surface area contributed by atoms with E-state index >= 15 is 0 Å². The molecule has 0 aliphatic rings. The van der Waals surface area contributed by atoms with Gasteiger partial charge in [0.05, 0.1) is 0 Å². The Kier molecular flexibility index (Phi) is 4.25. The first-order chi connectivity index (χ1) is 9.47. The number of hydrogen-bond acceptors (Lipinski definition) is 0. The van der Waals surface area contributed by atoms with Crippen molar-refractivity contribution in [3.63, 3.8) is 0 Å². The Hall–Kier alpha value is -1.59. The van der Waals surface area contributed by atoms with Gasteiger partial charge in [0, 0.05) is 23.1 Å². The first kappa shape index (κ1) is 15.8. The summed E-state index contributed by atoms with van der Waals surface area (Å²) in [6.45, 7) is 0. The third-order valence-electron chi connectivity index (χ3n) is 2.99. The maximum absolute atomic E-state index is 13.4. The SMILES string of the molecule is Fc1ccc2cc(-c3ccccc3)[s+](C(F)(F)F)c2c1.[Cl-]. The molecule has 1 atom stereocenters. The highest BCUT2D eigenvalue weighted by Gasteiger charge is 2.48. The molecule has 6 heteroatoms. The first-order valence-corrected chi connectivity index (χ1v) is 7.07.